The van der Waals surface area contributed by atoms with Gasteiger partial charge in [-0.1, -0.05) is 0 Å². The summed E-state index contributed by atoms with van der Waals surface area (Å²) in [6, 6.07) is 6.53. The van der Waals surface area contributed by atoms with E-state index < -0.39 is 0 Å². The molecular formula is C21H21N5O5. The molecule has 1 atom stereocenters. The third-order valence-electron chi connectivity index (χ3n) is 4.49. The molecule has 3 heterocycles. The average Bonchev–Trinajstić information content (AvgIpc) is 3.26. The molecule has 1 unspecified atom stereocenters. The van der Waals surface area contributed by atoms with Crippen molar-refractivity contribution >= 4 is 5.91 Å². The average molecular weight is 423 g/mol. The van der Waals surface area contributed by atoms with Crippen molar-refractivity contribution in [3.8, 4) is 28.8 Å². The lowest BCUT2D eigenvalue weighted by Crippen LogP contribution is -2.22. The SMILES string of the molecule is CN(C)C(=O)c1cnc(Oc2cc(OC3CCOC3)cc(-c3nccc(=O)[nH]3)c2)cn1. The molecule has 1 aliphatic heterocycles. The molecule has 1 amide bonds. The van der Waals surface area contributed by atoms with Crippen LogP contribution in [0, 0.1) is 0 Å². The van der Waals surface area contributed by atoms with E-state index in [2.05, 4.69) is 19.9 Å². The Balaban J connectivity index is 1.63. The number of benzene rings is 1. The molecule has 2 aromatic heterocycles. The molecular weight excluding hydrogens is 402 g/mol. The second-order valence-electron chi connectivity index (χ2n) is 7.12. The summed E-state index contributed by atoms with van der Waals surface area (Å²) >= 11 is 0. The Morgan fingerprint density at radius 1 is 1.16 bits per heavy atom. The second-order valence-corrected chi connectivity index (χ2v) is 7.12. The number of carbonyl (C=O) groups is 1. The molecule has 10 heteroatoms. The molecule has 0 radical (unpaired) electrons. The van der Waals surface area contributed by atoms with Crippen LogP contribution < -0.4 is 15.0 Å². The smallest absolute Gasteiger partial charge is 0.273 e. The first-order valence-corrected chi connectivity index (χ1v) is 9.65. The molecule has 1 aliphatic rings. The topological polar surface area (TPSA) is 120 Å². The van der Waals surface area contributed by atoms with Gasteiger partial charge in [0.15, 0.2) is 0 Å². The Morgan fingerprint density at radius 3 is 2.68 bits per heavy atom. The molecule has 0 aliphatic carbocycles. The van der Waals surface area contributed by atoms with E-state index in [0.717, 1.165) is 6.42 Å². The highest BCUT2D eigenvalue weighted by Gasteiger charge is 2.19. The van der Waals surface area contributed by atoms with Gasteiger partial charge in [-0.25, -0.2) is 15.0 Å². The summed E-state index contributed by atoms with van der Waals surface area (Å²) in [4.78, 5) is 40.3. The summed E-state index contributed by atoms with van der Waals surface area (Å²) in [5, 5.41) is 0. The van der Waals surface area contributed by atoms with E-state index in [1.54, 1.807) is 32.3 Å². The van der Waals surface area contributed by atoms with Gasteiger partial charge in [-0.15, -0.1) is 0 Å². The Morgan fingerprint density at radius 2 is 2.00 bits per heavy atom. The van der Waals surface area contributed by atoms with E-state index in [-0.39, 0.29) is 29.1 Å². The monoisotopic (exact) mass is 423 g/mol. The molecule has 0 saturated carbocycles. The highest BCUT2D eigenvalue weighted by molar-refractivity contribution is 5.91. The summed E-state index contributed by atoms with van der Waals surface area (Å²) < 4.78 is 17.2. The van der Waals surface area contributed by atoms with Crippen LogP contribution in [0.1, 0.15) is 16.9 Å². The van der Waals surface area contributed by atoms with Crippen molar-refractivity contribution in [2.45, 2.75) is 12.5 Å². The maximum absolute atomic E-state index is 12.0. The van der Waals surface area contributed by atoms with E-state index >= 15 is 0 Å². The van der Waals surface area contributed by atoms with E-state index in [0.29, 0.717) is 36.1 Å². The number of amides is 1. The van der Waals surface area contributed by atoms with Gasteiger partial charge >= 0.3 is 0 Å². The Bertz CT molecular complexity index is 1120. The van der Waals surface area contributed by atoms with Crippen LogP contribution in [0.4, 0.5) is 0 Å². The van der Waals surface area contributed by atoms with Crippen molar-refractivity contribution < 1.29 is 19.0 Å². The van der Waals surface area contributed by atoms with Crippen LogP contribution in [0.15, 0.2) is 47.7 Å². The number of ether oxygens (including phenoxy) is 3. The van der Waals surface area contributed by atoms with E-state index in [9.17, 15) is 9.59 Å². The van der Waals surface area contributed by atoms with Gasteiger partial charge in [0.25, 0.3) is 11.5 Å². The van der Waals surface area contributed by atoms with Gasteiger partial charge in [-0.2, -0.15) is 0 Å². The first kappa shape index (κ1) is 20.5. The minimum atomic E-state index is -0.269. The molecule has 1 aromatic carbocycles. The standard InChI is InChI=1S/C21H21N5O5/c1-26(2)21(28)17-10-24-19(11-23-17)31-16-8-13(20-22-5-3-18(27)25-20)7-15(9-16)30-14-4-6-29-12-14/h3,5,7-11,14H,4,6,12H2,1-2H3,(H,22,25,27). The Labute approximate surface area is 177 Å². The Hall–Kier alpha value is -3.79. The zero-order valence-corrected chi connectivity index (χ0v) is 17.1. The fourth-order valence-electron chi connectivity index (χ4n) is 2.98. The van der Waals surface area contributed by atoms with Crippen molar-refractivity contribution in [2.75, 3.05) is 27.3 Å². The largest absolute Gasteiger partial charge is 0.488 e. The maximum Gasteiger partial charge on any atom is 0.273 e. The zero-order chi connectivity index (χ0) is 21.8. The molecule has 160 valence electrons. The molecule has 0 spiro atoms. The molecule has 4 rings (SSSR count). The molecule has 1 fully saturated rings. The van der Waals surface area contributed by atoms with Crippen LogP contribution in [0.3, 0.4) is 0 Å². The van der Waals surface area contributed by atoms with E-state index in [1.165, 1.54) is 29.6 Å². The van der Waals surface area contributed by atoms with E-state index in [4.69, 9.17) is 14.2 Å². The summed E-state index contributed by atoms with van der Waals surface area (Å²) in [6.45, 7) is 1.16. The van der Waals surface area contributed by atoms with Gasteiger partial charge in [0.1, 0.15) is 29.1 Å². The number of aromatic amines is 1. The second kappa shape index (κ2) is 8.92. The molecule has 0 bridgehead atoms. The summed E-state index contributed by atoms with van der Waals surface area (Å²) in [5.74, 6) is 1.29. The van der Waals surface area contributed by atoms with Crippen LogP contribution >= 0.6 is 0 Å². The molecule has 10 nitrogen and oxygen atoms in total. The van der Waals surface area contributed by atoms with Gasteiger partial charge in [0.05, 0.1) is 25.6 Å². The lowest BCUT2D eigenvalue weighted by Gasteiger charge is -2.15. The molecule has 1 saturated heterocycles. The van der Waals surface area contributed by atoms with Crippen molar-refractivity contribution in [3.05, 3.63) is 58.9 Å². The highest BCUT2D eigenvalue weighted by Crippen LogP contribution is 2.31. The molecule has 1 N–H and O–H groups in total. The van der Waals surface area contributed by atoms with Gasteiger partial charge in [0, 0.05) is 44.4 Å². The predicted octanol–water partition coefficient (Wildman–Crippen LogP) is 1.89. The zero-order valence-electron chi connectivity index (χ0n) is 17.1. The number of carbonyl (C=O) groups excluding carboxylic acids is 1. The number of hydrogen-bond acceptors (Lipinski definition) is 8. The van der Waals surface area contributed by atoms with Crippen LogP contribution in [-0.2, 0) is 4.74 Å². The fourth-order valence-corrected chi connectivity index (χ4v) is 2.98. The first-order chi connectivity index (χ1) is 15.0. The number of H-pyrrole nitrogens is 1. The maximum atomic E-state index is 12.0. The first-order valence-electron chi connectivity index (χ1n) is 9.65. The van der Waals surface area contributed by atoms with Crippen LogP contribution in [-0.4, -0.2) is 64.2 Å². The summed E-state index contributed by atoms with van der Waals surface area (Å²) in [6.07, 6.45) is 4.87. The normalized spacial score (nSPS) is 15.5. The number of aromatic nitrogens is 4. The number of rotatable bonds is 6. The van der Waals surface area contributed by atoms with Crippen molar-refractivity contribution in [1.29, 1.82) is 0 Å². The van der Waals surface area contributed by atoms with Crippen LogP contribution in [0.2, 0.25) is 0 Å². The Kier molecular flexibility index (Phi) is 5.89. The quantitative estimate of drug-likeness (QED) is 0.638. The minimum absolute atomic E-state index is 0.0676. The lowest BCUT2D eigenvalue weighted by molar-refractivity contribution is 0.0821. The number of hydrogen-bond donors (Lipinski definition) is 1. The van der Waals surface area contributed by atoms with E-state index in [1.807, 2.05) is 0 Å². The van der Waals surface area contributed by atoms with Crippen LogP contribution in [0.5, 0.6) is 17.4 Å². The third kappa shape index (κ3) is 5.04. The van der Waals surface area contributed by atoms with Crippen LogP contribution in [0.25, 0.3) is 11.4 Å². The fraction of sp³-hybridized carbons (Fsp3) is 0.286. The van der Waals surface area contributed by atoms with Gasteiger partial charge in [-0.3, -0.25) is 9.59 Å². The highest BCUT2D eigenvalue weighted by atomic mass is 16.5. The van der Waals surface area contributed by atoms with Crippen molar-refractivity contribution in [3.63, 3.8) is 0 Å². The predicted molar refractivity (Wildman–Crippen MR) is 110 cm³/mol. The number of nitrogens with one attached hydrogen (secondary N) is 1. The van der Waals surface area contributed by atoms with Crippen molar-refractivity contribution in [2.24, 2.45) is 0 Å². The van der Waals surface area contributed by atoms with Crippen molar-refractivity contribution in [1.82, 2.24) is 24.8 Å². The van der Waals surface area contributed by atoms with Gasteiger partial charge in [-0.05, 0) is 12.1 Å². The minimum Gasteiger partial charge on any atom is -0.488 e. The molecule has 31 heavy (non-hydrogen) atoms. The summed E-state index contributed by atoms with van der Waals surface area (Å²) in [5.41, 5.74) is 0.550. The third-order valence-corrected chi connectivity index (χ3v) is 4.49. The number of nitrogens with zero attached hydrogens (tertiary/aromatic N) is 4. The van der Waals surface area contributed by atoms with Gasteiger partial charge < -0.3 is 24.1 Å². The summed E-state index contributed by atoms with van der Waals surface area (Å²) in [7, 11) is 3.28. The molecule has 3 aromatic rings. The van der Waals surface area contributed by atoms with Gasteiger partial charge in [0.2, 0.25) is 5.88 Å². The lowest BCUT2D eigenvalue weighted by atomic mass is 10.2.